The van der Waals surface area contributed by atoms with Crippen molar-refractivity contribution < 1.29 is 27.8 Å². The molecule has 0 aliphatic heterocycles. The van der Waals surface area contributed by atoms with E-state index in [1.54, 1.807) is 0 Å². The highest BCUT2D eigenvalue weighted by Crippen LogP contribution is 2.24. The number of alkyl halides is 3. The molecular weight excluding hydrogens is 225 g/mol. The maximum atomic E-state index is 11.8. The van der Waals surface area contributed by atoms with Crippen molar-refractivity contribution in [3.8, 4) is 5.75 Å². The summed E-state index contributed by atoms with van der Waals surface area (Å²) in [6.45, 7) is 1.45. The van der Waals surface area contributed by atoms with Gasteiger partial charge in [-0.1, -0.05) is 12.1 Å². The van der Waals surface area contributed by atoms with E-state index in [9.17, 15) is 18.0 Å². The topological polar surface area (TPSA) is 46.5 Å². The van der Waals surface area contributed by atoms with Crippen LogP contribution in [-0.2, 0) is 4.79 Å². The van der Waals surface area contributed by atoms with Crippen LogP contribution >= 0.6 is 0 Å². The minimum atomic E-state index is -4.74. The number of hydrogen-bond acceptors (Lipinski definition) is 2. The first-order valence-corrected chi connectivity index (χ1v) is 4.38. The number of halogens is 3. The smallest absolute Gasteiger partial charge is 0.481 e. The SMILES string of the molecule is CC(C(=O)O)c1ccc(OC(F)(F)F)cc1. The molecule has 1 atom stereocenters. The van der Waals surface area contributed by atoms with Gasteiger partial charge in [-0.15, -0.1) is 13.2 Å². The molecule has 0 spiro atoms. The number of benzene rings is 1. The quantitative estimate of drug-likeness (QED) is 0.874. The fourth-order valence-corrected chi connectivity index (χ4v) is 1.10. The molecule has 1 N–H and O–H groups in total. The maximum Gasteiger partial charge on any atom is 0.573 e. The van der Waals surface area contributed by atoms with Crippen LogP contribution in [0.25, 0.3) is 0 Å². The normalized spacial score (nSPS) is 13.2. The van der Waals surface area contributed by atoms with Gasteiger partial charge in [0.1, 0.15) is 5.75 Å². The molecule has 1 aromatic rings. The monoisotopic (exact) mass is 234 g/mol. The van der Waals surface area contributed by atoms with Gasteiger partial charge in [0.15, 0.2) is 0 Å². The Kier molecular flexibility index (Phi) is 3.41. The van der Waals surface area contributed by atoms with Crippen LogP contribution < -0.4 is 4.74 Å². The third-order valence-electron chi connectivity index (χ3n) is 1.98. The second kappa shape index (κ2) is 4.42. The zero-order chi connectivity index (χ0) is 12.3. The summed E-state index contributed by atoms with van der Waals surface area (Å²) in [4.78, 5) is 10.6. The molecule has 6 heteroatoms. The average molecular weight is 234 g/mol. The molecule has 0 amide bonds. The first-order valence-electron chi connectivity index (χ1n) is 4.38. The third-order valence-corrected chi connectivity index (χ3v) is 1.98. The summed E-state index contributed by atoms with van der Waals surface area (Å²) in [5, 5.41) is 8.68. The summed E-state index contributed by atoms with van der Waals surface area (Å²) in [7, 11) is 0. The van der Waals surface area contributed by atoms with Crippen LogP contribution in [0.15, 0.2) is 24.3 Å². The lowest BCUT2D eigenvalue weighted by atomic mass is 10.0. The Bertz CT molecular complexity index is 370. The molecule has 3 nitrogen and oxygen atoms in total. The molecular formula is C10H9F3O3. The number of aliphatic carboxylic acids is 1. The van der Waals surface area contributed by atoms with E-state index in [4.69, 9.17) is 5.11 Å². The van der Waals surface area contributed by atoms with Crippen molar-refractivity contribution >= 4 is 5.97 Å². The van der Waals surface area contributed by atoms with E-state index >= 15 is 0 Å². The lowest BCUT2D eigenvalue weighted by Crippen LogP contribution is -2.17. The molecule has 0 bridgehead atoms. The van der Waals surface area contributed by atoms with Gasteiger partial charge >= 0.3 is 12.3 Å². The average Bonchev–Trinajstić information content (AvgIpc) is 2.15. The van der Waals surface area contributed by atoms with Gasteiger partial charge in [-0.05, 0) is 24.6 Å². The van der Waals surface area contributed by atoms with Crippen LogP contribution in [0.5, 0.6) is 5.75 Å². The molecule has 0 aromatic heterocycles. The molecule has 1 unspecified atom stereocenters. The number of hydrogen-bond donors (Lipinski definition) is 1. The lowest BCUT2D eigenvalue weighted by Gasteiger charge is -2.10. The Labute approximate surface area is 89.5 Å². The van der Waals surface area contributed by atoms with Gasteiger partial charge in [0.2, 0.25) is 0 Å². The predicted octanol–water partition coefficient (Wildman–Crippen LogP) is 2.77. The fourth-order valence-electron chi connectivity index (χ4n) is 1.10. The van der Waals surface area contributed by atoms with Crippen LogP contribution in [0, 0.1) is 0 Å². The molecule has 0 saturated heterocycles. The van der Waals surface area contributed by atoms with E-state index in [-0.39, 0.29) is 5.75 Å². The number of rotatable bonds is 3. The van der Waals surface area contributed by atoms with Crippen LogP contribution in [0.1, 0.15) is 18.4 Å². The predicted molar refractivity (Wildman–Crippen MR) is 49.2 cm³/mol. The minimum Gasteiger partial charge on any atom is -0.481 e. The highest BCUT2D eigenvalue weighted by molar-refractivity contribution is 5.75. The summed E-state index contributed by atoms with van der Waals surface area (Å²) in [6.07, 6.45) is -4.74. The van der Waals surface area contributed by atoms with E-state index in [0.29, 0.717) is 5.56 Å². The van der Waals surface area contributed by atoms with E-state index in [2.05, 4.69) is 4.74 Å². The molecule has 1 aromatic carbocycles. The molecule has 0 heterocycles. The summed E-state index contributed by atoms with van der Waals surface area (Å²) in [5.41, 5.74) is 0.419. The van der Waals surface area contributed by atoms with E-state index < -0.39 is 18.2 Å². The van der Waals surface area contributed by atoms with Gasteiger partial charge in [0, 0.05) is 0 Å². The van der Waals surface area contributed by atoms with Gasteiger partial charge in [-0.2, -0.15) is 0 Å². The van der Waals surface area contributed by atoms with Gasteiger partial charge in [-0.25, -0.2) is 0 Å². The Morgan fingerprint density at radius 1 is 1.31 bits per heavy atom. The van der Waals surface area contributed by atoms with Crippen molar-refractivity contribution in [3.63, 3.8) is 0 Å². The van der Waals surface area contributed by atoms with Crippen LogP contribution in [0.4, 0.5) is 13.2 Å². The molecule has 0 aliphatic rings. The van der Waals surface area contributed by atoms with Gasteiger partial charge in [0.05, 0.1) is 5.92 Å². The Morgan fingerprint density at radius 2 is 1.81 bits per heavy atom. The lowest BCUT2D eigenvalue weighted by molar-refractivity contribution is -0.274. The molecule has 16 heavy (non-hydrogen) atoms. The van der Waals surface area contributed by atoms with Crippen molar-refractivity contribution in [2.75, 3.05) is 0 Å². The summed E-state index contributed by atoms with van der Waals surface area (Å²) in [6, 6.07) is 4.75. The van der Waals surface area contributed by atoms with E-state index in [1.807, 2.05) is 0 Å². The summed E-state index contributed by atoms with van der Waals surface area (Å²) in [5.74, 6) is -2.17. The minimum absolute atomic E-state index is 0.367. The van der Waals surface area contributed by atoms with Crippen molar-refractivity contribution in [1.82, 2.24) is 0 Å². The first kappa shape index (κ1) is 12.4. The maximum absolute atomic E-state index is 11.8. The van der Waals surface area contributed by atoms with Crippen LogP contribution in [0.2, 0.25) is 0 Å². The zero-order valence-corrected chi connectivity index (χ0v) is 8.28. The van der Waals surface area contributed by atoms with E-state index in [0.717, 1.165) is 12.1 Å². The van der Waals surface area contributed by atoms with Crippen LogP contribution in [-0.4, -0.2) is 17.4 Å². The van der Waals surface area contributed by atoms with Crippen LogP contribution in [0.3, 0.4) is 0 Å². The van der Waals surface area contributed by atoms with Crippen molar-refractivity contribution in [1.29, 1.82) is 0 Å². The fraction of sp³-hybridized carbons (Fsp3) is 0.300. The number of carbonyl (C=O) groups is 1. The number of carboxylic acid groups (broad SMARTS) is 1. The molecule has 0 aliphatic carbocycles. The zero-order valence-electron chi connectivity index (χ0n) is 8.28. The molecule has 1 rings (SSSR count). The standard InChI is InChI=1S/C10H9F3O3/c1-6(9(14)15)7-2-4-8(5-3-7)16-10(11,12)13/h2-6H,1H3,(H,14,15). The van der Waals surface area contributed by atoms with Crippen molar-refractivity contribution in [3.05, 3.63) is 29.8 Å². The Balaban J connectivity index is 2.79. The van der Waals surface area contributed by atoms with Crippen molar-refractivity contribution in [2.45, 2.75) is 19.2 Å². The third kappa shape index (κ3) is 3.45. The van der Waals surface area contributed by atoms with Crippen molar-refractivity contribution in [2.24, 2.45) is 0 Å². The number of ether oxygens (including phenoxy) is 1. The Morgan fingerprint density at radius 3 is 2.19 bits per heavy atom. The first-order chi connectivity index (χ1) is 7.29. The molecule has 88 valence electrons. The molecule has 0 saturated carbocycles. The second-order valence-corrected chi connectivity index (χ2v) is 3.18. The highest BCUT2D eigenvalue weighted by Gasteiger charge is 2.31. The second-order valence-electron chi connectivity index (χ2n) is 3.18. The van der Waals surface area contributed by atoms with E-state index in [1.165, 1.54) is 19.1 Å². The summed E-state index contributed by atoms with van der Waals surface area (Å²) >= 11 is 0. The molecule has 0 fully saturated rings. The van der Waals surface area contributed by atoms with Gasteiger partial charge in [-0.3, -0.25) is 4.79 Å². The summed E-state index contributed by atoms with van der Waals surface area (Å²) < 4.78 is 39.1. The molecule has 0 radical (unpaired) electrons. The largest absolute Gasteiger partial charge is 0.573 e. The Hall–Kier alpha value is -1.72. The van der Waals surface area contributed by atoms with Gasteiger partial charge in [0.25, 0.3) is 0 Å². The number of carboxylic acids is 1. The van der Waals surface area contributed by atoms with Gasteiger partial charge < -0.3 is 9.84 Å². The highest BCUT2D eigenvalue weighted by atomic mass is 19.4.